The fourth-order valence-electron chi connectivity index (χ4n) is 1.65. The summed E-state index contributed by atoms with van der Waals surface area (Å²) in [7, 11) is 0. The van der Waals surface area contributed by atoms with E-state index in [-0.39, 0.29) is 5.91 Å². The average molecular weight is 301 g/mol. The van der Waals surface area contributed by atoms with E-state index in [1.54, 1.807) is 30.3 Å². The highest BCUT2D eigenvalue weighted by molar-refractivity contribution is 5.92. The maximum atomic E-state index is 12.0. The summed E-state index contributed by atoms with van der Waals surface area (Å²) in [6, 6.07) is 6.45. The van der Waals surface area contributed by atoms with E-state index in [0.717, 1.165) is 0 Å². The number of nitrogens with zero attached hydrogens (tertiary/aromatic N) is 2. The molecule has 1 aromatic heterocycles. The number of amides is 1. The van der Waals surface area contributed by atoms with Gasteiger partial charge >= 0.3 is 5.97 Å². The number of carbonyl (C=O) groups is 2. The topological polar surface area (TPSA) is 94.3 Å². The Morgan fingerprint density at radius 2 is 2.14 bits per heavy atom. The van der Waals surface area contributed by atoms with Crippen LogP contribution in [0.5, 0.6) is 0 Å². The summed E-state index contributed by atoms with van der Waals surface area (Å²) in [4.78, 5) is 23.6. The molecule has 0 aliphatic carbocycles. The second-order valence-corrected chi connectivity index (χ2v) is 4.40. The van der Waals surface area contributed by atoms with Gasteiger partial charge in [-0.3, -0.25) is 4.79 Å². The highest BCUT2D eigenvalue weighted by atomic mass is 16.5. The first-order chi connectivity index (χ1) is 10.6. The Bertz CT molecular complexity index is 650. The highest BCUT2D eigenvalue weighted by Gasteiger charge is 2.18. The van der Waals surface area contributed by atoms with Crippen LogP contribution in [0, 0.1) is 0 Å². The Morgan fingerprint density at radius 1 is 1.41 bits per heavy atom. The lowest BCUT2D eigenvalue weighted by molar-refractivity contribution is -0.128. The van der Waals surface area contributed by atoms with Gasteiger partial charge in [0.25, 0.3) is 5.91 Å². The molecule has 2 aromatic rings. The second kappa shape index (κ2) is 7.16. The predicted octanol–water partition coefficient (Wildman–Crippen LogP) is 1.58. The molecular formula is C15H15N3O4. The van der Waals surface area contributed by atoms with Crippen LogP contribution < -0.4 is 5.32 Å². The van der Waals surface area contributed by atoms with Crippen molar-refractivity contribution in [1.82, 2.24) is 15.5 Å². The Morgan fingerprint density at radius 3 is 2.73 bits per heavy atom. The molecule has 0 saturated carbocycles. The summed E-state index contributed by atoms with van der Waals surface area (Å²) < 4.78 is 10.1. The molecule has 1 N–H and O–H groups in total. The molecule has 0 fully saturated rings. The number of esters is 1. The Labute approximate surface area is 127 Å². The summed E-state index contributed by atoms with van der Waals surface area (Å²) in [6.45, 7) is 5.31. The van der Waals surface area contributed by atoms with Gasteiger partial charge in [0.2, 0.25) is 12.3 Å². The van der Waals surface area contributed by atoms with Crippen molar-refractivity contribution in [2.24, 2.45) is 0 Å². The fourth-order valence-corrected chi connectivity index (χ4v) is 1.65. The Kier molecular flexibility index (Phi) is 5.02. The number of rotatable bonds is 6. The highest BCUT2D eigenvalue weighted by Crippen LogP contribution is 2.17. The molecule has 2 rings (SSSR count). The largest absolute Gasteiger partial charge is 0.449 e. The van der Waals surface area contributed by atoms with E-state index in [1.165, 1.54) is 13.3 Å². The van der Waals surface area contributed by atoms with Gasteiger partial charge in [0.15, 0.2) is 6.10 Å². The molecule has 114 valence electrons. The number of benzene rings is 1. The monoisotopic (exact) mass is 301 g/mol. The maximum Gasteiger partial charge on any atom is 0.338 e. The summed E-state index contributed by atoms with van der Waals surface area (Å²) in [5.74, 6) is -0.605. The summed E-state index contributed by atoms with van der Waals surface area (Å²) in [6.07, 6.45) is 1.88. The minimum Gasteiger partial charge on any atom is -0.449 e. The quantitative estimate of drug-likeness (QED) is 0.643. The van der Waals surface area contributed by atoms with E-state index in [1.807, 2.05) is 0 Å². The smallest absolute Gasteiger partial charge is 0.338 e. The van der Waals surface area contributed by atoms with Gasteiger partial charge < -0.3 is 14.5 Å². The molecule has 7 heteroatoms. The molecular weight excluding hydrogens is 286 g/mol. The van der Waals surface area contributed by atoms with E-state index >= 15 is 0 Å². The minimum atomic E-state index is -0.886. The number of aromatic nitrogens is 2. The molecule has 0 aliphatic rings. The van der Waals surface area contributed by atoms with E-state index in [0.29, 0.717) is 23.6 Å². The molecule has 0 radical (unpaired) electrons. The molecule has 0 saturated heterocycles. The van der Waals surface area contributed by atoms with E-state index in [2.05, 4.69) is 22.1 Å². The lowest BCUT2D eigenvalue weighted by Crippen LogP contribution is -2.35. The standard InChI is InChI=1S/C15H15N3O4/c1-3-8-16-13(19)10(2)22-15(20)12-6-4-11(5-7-12)14-18-17-9-21-14/h3-7,9-10H,1,8H2,2H3,(H,16,19)/t10-/m1/s1. The normalized spacial score (nSPS) is 11.5. The Balaban J connectivity index is 1.98. The molecule has 22 heavy (non-hydrogen) atoms. The van der Waals surface area contributed by atoms with Gasteiger partial charge in [0, 0.05) is 12.1 Å². The van der Waals surface area contributed by atoms with Crippen molar-refractivity contribution in [3.8, 4) is 11.5 Å². The van der Waals surface area contributed by atoms with Crippen molar-refractivity contribution < 1.29 is 18.7 Å². The van der Waals surface area contributed by atoms with Gasteiger partial charge in [0.1, 0.15) is 0 Å². The molecule has 0 spiro atoms. The molecule has 0 aliphatic heterocycles. The lowest BCUT2D eigenvalue weighted by atomic mass is 10.1. The maximum absolute atomic E-state index is 12.0. The third kappa shape index (κ3) is 3.78. The summed E-state index contributed by atoms with van der Waals surface area (Å²) in [5.41, 5.74) is 1.01. The SMILES string of the molecule is C=CCNC(=O)[C@@H](C)OC(=O)c1ccc(-c2nnco2)cc1. The second-order valence-electron chi connectivity index (χ2n) is 4.40. The van der Waals surface area contributed by atoms with Gasteiger partial charge in [-0.25, -0.2) is 4.79 Å². The van der Waals surface area contributed by atoms with Gasteiger partial charge in [-0.15, -0.1) is 16.8 Å². The van der Waals surface area contributed by atoms with Crippen LogP contribution in [-0.2, 0) is 9.53 Å². The van der Waals surface area contributed by atoms with Gasteiger partial charge in [-0.1, -0.05) is 6.08 Å². The third-order valence-corrected chi connectivity index (χ3v) is 2.80. The number of hydrogen-bond acceptors (Lipinski definition) is 6. The van der Waals surface area contributed by atoms with E-state index < -0.39 is 12.1 Å². The molecule has 1 atom stereocenters. The van der Waals surface area contributed by atoms with Crippen LogP contribution in [0.15, 0.2) is 47.7 Å². The first-order valence-corrected chi connectivity index (χ1v) is 6.58. The van der Waals surface area contributed by atoms with E-state index in [4.69, 9.17) is 9.15 Å². The van der Waals surface area contributed by atoms with Crippen LogP contribution in [0.4, 0.5) is 0 Å². The number of ether oxygens (including phenoxy) is 1. The number of hydrogen-bond donors (Lipinski definition) is 1. The minimum absolute atomic E-state index is 0.319. The van der Waals surface area contributed by atoms with Crippen molar-refractivity contribution in [3.05, 3.63) is 48.9 Å². The van der Waals surface area contributed by atoms with E-state index in [9.17, 15) is 9.59 Å². The van der Waals surface area contributed by atoms with Gasteiger partial charge in [0.05, 0.1) is 5.56 Å². The van der Waals surface area contributed by atoms with Crippen molar-refractivity contribution in [1.29, 1.82) is 0 Å². The molecule has 0 bridgehead atoms. The third-order valence-electron chi connectivity index (χ3n) is 2.80. The molecule has 1 amide bonds. The molecule has 1 aromatic carbocycles. The van der Waals surface area contributed by atoms with Gasteiger partial charge in [-0.2, -0.15) is 0 Å². The first-order valence-electron chi connectivity index (χ1n) is 6.58. The zero-order chi connectivity index (χ0) is 15.9. The van der Waals surface area contributed by atoms with Crippen LogP contribution in [-0.4, -0.2) is 34.7 Å². The first kappa shape index (κ1) is 15.4. The zero-order valence-corrected chi connectivity index (χ0v) is 12.0. The number of nitrogens with one attached hydrogen (secondary N) is 1. The van der Waals surface area contributed by atoms with Crippen LogP contribution in [0.3, 0.4) is 0 Å². The lowest BCUT2D eigenvalue weighted by Gasteiger charge is -2.12. The van der Waals surface area contributed by atoms with Crippen LogP contribution in [0.1, 0.15) is 17.3 Å². The average Bonchev–Trinajstić information content (AvgIpc) is 3.07. The molecule has 7 nitrogen and oxygen atoms in total. The predicted molar refractivity (Wildman–Crippen MR) is 77.8 cm³/mol. The van der Waals surface area contributed by atoms with Crippen LogP contribution in [0.2, 0.25) is 0 Å². The molecule has 1 heterocycles. The Hall–Kier alpha value is -2.96. The molecule has 0 unspecified atom stereocenters. The van der Waals surface area contributed by atoms with Gasteiger partial charge in [-0.05, 0) is 31.2 Å². The van der Waals surface area contributed by atoms with Crippen molar-refractivity contribution in [2.75, 3.05) is 6.54 Å². The van der Waals surface area contributed by atoms with Crippen LogP contribution in [0.25, 0.3) is 11.5 Å². The summed E-state index contributed by atoms with van der Waals surface area (Å²) >= 11 is 0. The van der Waals surface area contributed by atoms with Crippen molar-refractivity contribution in [2.45, 2.75) is 13.0 Å². The zero-order valence-electron chi connectivity index (χ0n) is 12.0. The fraction of sp³-hybridized carbons (Fsp3) is 0.200. The van der Waals surface area contributed by atoms with Crippen molar-refractivity contribution in [3.63, 3.8) is 0 Å². The number of carbonyl (C=O) groups excluding carboxylic acids is 2. The summed E-state index contributed by atoms with van der Waals surface area (Å²) in [5, 5.41) is 9.90. The van der Waals surface area contributed by atoms with Crippen LogP contribution >= 0.6 is 0 Å². The van der Waals surface area contributed by atoms with Crippen molar-refractivity contribution >= 4 is 11.9 Å².